The molecule has 17 heavy (non-hydrogen) atoms. The summed E-state index contributed by atoms with van der Waals surface area (Å²) >= 11 is 3.40. The Hall–Kier alpha value is -1.20. The largest absolute Gasteiger partial charge is 0.496 e. The van der Waals surface area contributed by atoms with Crippen LogP contribution in [0, 0.1) is 6.92 Å². The standard InChI is InChI=1S/C12H14N2OS2/c1-8-6-17-12(14-8)7-16-11-4-3-9(13)5-10(11)15-2/h3-6H,7,13H2,1-2H3. The number of nitrogens with two attached hydrogens (primary N) is 1. The zero-order valence-electron chi connectivity index (χ0n) is 9.77. The molecule has 0 spiro atoms. The third kappa shape index (κ3) is 3.14. The number of hydrogen-bond donors (Lipinski definition) is 1. The van der Waals surface area contributed by atoms with Crippen molar-refractivity contribution in [2.75, 3.05) is 12.8 Å². The van der Waals surface area contributed by atoms with E-state index in [4.69, 9.17) is 10.5 Å². The first kappa shape index (κ1) is 12.3. The van der Waals surface area contributed by atoms with E-state index in [1.807, 2.05) is 25.1 Å². The number of methoxy groups -OCH3 is 1. The van der Waals surface area contributed by atoms with Gasteiger partial charge in [-0.1, -0.05) is 0 Å². The molecule has 0 radical (unpaired) electrons. The van der Waals surface area contributed by atoms with Gasteiger partial charge in [0.15, 0.2) is 0 Å². The number of aryl methyl sites for hydroxylation is 1. The van der Waals surface area contributed by atoms with Crippen LogP contribution >= 0.6 is 23.1 Å². The average molecular weight is 266 g/mol. The Morgan fingerprint density at radius 2 is 2.29 bits per heavy atom. The molecule has 1 aromatic heterocycles. The molecule has 0 fully saturated rings. The van der Waals surface area contributed by atoms with Gasteiger partial charge >= 0.3 is 0 Å². The Morgan fingerprint density at radius 1 is 1.47 bits per heavy atom. The summed E-state index contributed by atoms with van der Waals surface area (Å²) in [7, 11) is 1.66. The number of ether oxygens (including phenoxy) is 1. The molecule has 0 unspecified atom stereocenters. The van der Waals surface area contributed by atoms with Crippen molar-refractivity contribution in [3.8, 4) is 5.75 Å². The summed E-state index contributed by atoms with van der Waals surface area (Å²) in [6.07, 6.45) is 0. The summed E-state index contributed by atoms with van der Waals surface area (Å²) in [6.45, 7) is 2.01. The van der Waals surface area contributed by atoms with E-state index in [-0.39, 0.29) is 0 Å². The maximum atomic E-state index is 5.71. The highest BCUT2D eigenvalue weighted by Gasteiger charge is 2.06. The molecule has 90 valence electrons. The van der Waals surface area contributed by atoms with Crippen molar-refractivity contribution in [1.82, 2.24) is 4.98 Å². The molecular formula is C12H14N2OS2. The van der Waals surface area contributed by atoms with Crippen molar-refractivity contribution in [1.29, 1.82) is 0 Å². The quantitative estimate of drug-likeness (QED) is 0.681. The van der Waals surface area contributed by atoms with Gasteiger partial charge in [-0.05, 0) is 19.1 Å². The fourth-order valence-corrected chi connectivity index (χ4v) is 3.21. The molecule has 0 aliphatic heterocycles. The molecule has 2 aromatic rings. The van der Waals surface area contributed by atoms with Gasteiger partial charge in [0.05, 0.1) is 12.9 Å². The van der Waals surface area contributed by atoms with Gasteiger partial charge in [-0.25, -0.2) is 4.98 Å². The third-order valence-electron chi connectivity index (χ3n) is 2.21. The van der Waals surface area contributed by atoms with Crippen LogP contribution in [0.15, 0.2) is 28.5 Å². The smallest absolute Gasteiger partial charge is 0.134 e. The van der Waals surface area contributed by atoms with Crippen LogP contribution in [0.4, 0.5) is 5.69 Å². The summed E-state index contributed by atoms with van der Waals surface area (Å²) in [4.78, 5) is 5.52. The molecule has 1 aromatic carbocycles. The molecule has 0 saturated heterocycles. The van der Waals surface area contributed by atoms with Crippen LogP contribution < -0.4 is 10.5 Å². The molecule has 5 heteroatoms. The lowest BCUT2D eigenvalue weighted by Crippen LogP contribution is -1.90. The van der Waals surface area contributed by atoms with Crippen molar-refractivity contribution >= 4 is 28.8 Å². The normalized spacial score (nSPS) is 10.5. The molecule has 0 bridgehead atoms. The van der Waals surface area contributed by atoms with Gasteiger partial charge in [0.2, 0.25) is 0 Å². The fraction of sp³-hybridized carbons (Fsp3) is 0.250. The second kappa shape index (κ2) is 5.42. The van der Waals surface area contributed by atoms with E-state index in [2.05, 4.69) is 10.4 Å². The summed E-state index contributed by atoms with van der Waals surface area (Å²) < 4.78 is 5.30. The summed E-state index contributed by atoms with van der Waals surface area (Å²) in [5.41, 5.74) is 7.51. The maximum absolute atomic E-state index is 5.71. The number of anilines is 1. The van der Waals surface area contributed by atoms with E-state index >= 15 is 0 Å². The Morgan fingerprint density at radius 3 is 2.94 bits per heavy atom. The van der Waals surface area contributed by atoms with Gasteiger partial charge in [0.25, 0.3) is 0 Å². The predicted molar refractivity (Wildman–Crippen MR) is 73.8 cm³/mol. The highest BCUT2D eigenvalue weighted by Crippen LogP contribution is 2.33. The van der Waals surface area contributed by atoms with Crippen LogP contribution in [-0.2, 0) is 5.75 Å². The molecule has 2 rings (SSSR count). The van der Waals surface area contributed by atoms with E-state index in [1.54, 1.807) is 30.2 Å². The number of nitrogens with zero attached hydrogens (tertiary/aromatic N) is 1. The van der Waals surface area contributed by atoms with E-state index < -0.39 is 0 Å². The Bertz CT molecular complexity index is 511. The maximum Gasteiger partial charge on any atom is 0.134 e. The molecule has 0 aliphatic rings. The van der Waals surface area contributed by atoms with Crippen LogP contribution in [-0.4, -0.2) is 12.1 Å². The van der Waals surface area contributed by atoms with Gasteiger partial charge in [-0.3, -0.25) is 0 Å². The third-order valence-corrected chi connectivity index (χ3v) is 4.42. The van der Waals surface area contributed by atoms with Gasteiger partial charge in [-0.15, -0.1) is 23.1 Å². The van der Waals surface area contributed by atoms with E-state index in [9.17, 15) is 0 Å². The van der Waals surface area contributed by atoms with Crippen molar-refractivity contribution in [3.05, 3.63) is 34.3 Å². The van der Waals surface area contributed by atoms with Gasteiger partial charge in [0, 0.05) is 27.7 Å². The number of rotatable bonds is 4. The van der Waals surface area contributed by atoms with Crippen molar-refractivity contribution in [3.63, 3.8) is 0 Å². The van der Waals surface area contributed by atoms with Gasteiger partial charge in [-0.2, -0.15) is 0 Å². The minimum atomic E-state index is 0.719. The first-order valence-electron chi connectivity index (χ1n) is 5.16. The van der Waals surface area contributed by atoms with Crippen molar-refractivity contribution < 1.29 is 4.74 Å². The molecule has 3 nitrogen and oxygen atoms in total. The lowest BCUT2D eigenvalue weighted by molar-refractivity contribution is 0.405. The Kier molecular flexibility index (Phi) is 3.91. The van der Waals surface area contributed by atoms with Crippen LogP contribution in [0.3, 0.4) is 0 Å². The monoisotopic (exact) mass is 266 g/mol. The lowest BCUT2D eigenvalue weighted by Gasteiger charge is -2.07. The van der Waals surface area contributed by atoms with Crippen LogP contribution in [0.25, 0.3) is 0 Å². The number of hydrogen-bond acceptors (Lipinski definition) is 5. The zero-order valence-corrected chi connectivity index (χ0v) is 11.4. The molecule has 0 amide bonds. The van der Waals surface area contributed by atoms with Crippen LogP contribution in [0.2, 0.25) is 0 Å². The fourth-order valence-electron chi connectivity index (χ4n) is 1.41. The highest BCUT2D eigenvalue weighted by atomic mass is 32.2. The molecule has 0 saturated carbocycles. The highest BCUT2D eigenvalue weighted by molar-refractivity contribution is 7.98. The van der Waals surface area contributed by atoms with Crippen molar-refractivity contribution in [2.24, 2.45) is 0 Å². The minimum absolute atomic E-state index is 0.719. The van der Waals surface area contributed by atoms with Gasteiger partial charge < -0.3 is 10.5 Å². The second-order valence-electron chi connectivity index (χ2n) is 3.58. The predicted octanol–water partition coefficient (Wildman–Crippen LogP) is 3.33. The van der Waals surface area contributed by atoms with Crippen LogP contribution in [0.5, 0.6) is 5.75 Å². The van der Waals surface area contributed by atoms with Gasteiger partial charge in [0.1, 0.15) is 10.8 Å². The van der Waals surface area contributed by atoms with E-state index in [1.165, 1.54) is 0 Å². The first-order valence-corrected chi connectivity index (χ1v) is 7.03. The zero-order chi connectivity index (χ0) is 12.3. The van der Waals surface area contributed by atoms with E-state index in [0.717, 1.165) is 32.8 Å². The Labute approximate surface area is 109 Å². The lowest BCUT2D eigenvalue weighted by atomic mass is 10.3. The average Bonchev–Trinajstić information content (AvgIpc) is 2.73. The molecule has 1 heterocycles. The van der Waals surface area contributed by atoms with E-state index in [0.29, 0.717) is 0 Å². The molecule has 0 atom stereocenters. The minimum Gasteiger partial charge on any atom is -0.496 e. The second-order valence-corrected chi connectivity index (χ2v) is 5.54. The SMILES string of the molecule is COc1cc(N)ccc1SCc1nc(C)cs1. The van der Waals surface area contributed by atoms with Crippen LogP contribution in [0.1, 0.15) is 10.7 Å². The summed E-state index contributed by atoms with van der Waals surface area (Å²) in [5.74, 6) is 1.68. The number of thioether (sulfide) groups is 1. The number of aromatic nitrogens is 1. The number of thiazole rings is 1. The summed E-state index contributed by atoms with van der Waals surface area (Å²) in [5, 5.41) is 3.20. The number of benzene rings is 1. The molecular weight excluding hydrogens is 252 g/mol. The Balaban J connectivity index is 2.08. The number of nitrogen functional groups attached to an aromatic ring is 1. The molecule has 0 aliphatic carbocycles. The van der Waals surface area contributed by atoms with Crippen molar-refractivity contribution in [2.45, 2.75) is 17.6 Å². The first-order chi connectivity index (χ1) is 8.19. The topological polar surface area (TPSA) is 48.1 Å². The summed E-state index contributed by atoms with van der Waals surface area (Å²) in [6, 6.07) is 5.71. The molecule has 2 N–H and O–H groups in total.